The van der Waals surface area contributed by atoms with E-state index in [-0.39, 0.29) is 6.03 Å². The quantitative estimate of drug-likeness (QED) is 0.826. The number of hydrogen-bond acceptors (Lipinski definition) is 4. The van der Waals surface area contributed by atoms with Crippen molar-refractivity contribution in [3.8, 4) is 5.75 Å². The summed E-state index contributed by atoms with van der Waals surface area (Å²) in [7, 11) is 5.79. The zero-order chi connectivity index (χ0) is 18.5. The summed E-state index contributed by atoms with van der Waals surface area (Å²) in [5, 5.41) is 4.15. The largest absolute Gasteiger partial charge is 0.497 e. The second kappa shape index (κ2) is 8.56. The molecule has 1 amide bonds. The molecule has 0 aliphatic carbocycles. The second-order valence-electron chi connectivity index (χ2n) is 7.24. The van der Waals surface area contributed by atoms with Crippen LogP contribution in [-0.4, -0.2) is 74.3 Å². The molecule has 0 radical (unpaired) electrons. The summed E-state index contributed by atoms with van der Waals surface area (Å²) >= 11 is 0. The van der Waals surface area contributed by atoms with Crippen LogP contribution in [0.25, 0.3) is 10.9 Å². The average molecular weight is 358 g/mol. The number of fused-ring (bicyclic) bond motifs is 1. The minimum atomic E-state index is -0.0598. The van der Waals surface area contributed by atoms with Gasteiger partial charge in [-0.2, -0.15) is 0 Å². The van der Waals surface area contributed by atoms with Gasteiger partial charge in [-0.05, 0) is 70.2 Å². The first-order valence-electron chi connectivity index (χ1n) is 9.42. The maximum absolute atomic E-state index is 12.7. The van der Waals surface area contributed by atoms with Crippen LogP contribution in [0, 0.1) is 0 Å². The van der Waals surface area contributed by atoms with E-state index >= 15 is 0 Å². The van der Waals surface area contributed by atoms with Gasteiger partial charge in [0.15, 0.2) is 0 Å². The van der Waals surface area contributed by atoms with Gasteiger partial charge in [0, 0.05) is 31.2 Å². The van der Waals surface area contributed by atoms with Gasteiger partial charge in [-0.25, -0.2) is 4.79 Å². The van der Waals surface area contributed by atoms with E-state index in [1.165, 1.54) is 18.4 Å². The number of likely N-dealkylation sites (N-methyl/N-ethyl adjacent to an activating group) is 1. The molecular weight excluding hydrogens is 328 g/mol. The molecule has 1 aromatic heterocycles. The van der Waals surface area contributed by atoms with Crippen LogP contribution in [0.3, 0.4) is 0 Å². The third-order valence-corrected chi connectivity index (χ3v) is 5.04. The first-order chi connectivity index (χ1) is 12.6. The molecule has 26 heavy (non-hydrogen) atoms. The van der Waals surface area contributed by atoms with Gasteiger partial charge in [-0.1, -0.05) is 0 Å². The lowest BCUT2D eigenvalue weighted by Gasteiger charge is -2.15. The molecule has 0 saturated carbocycles. The van der Waals surface area contributed by atoms with Crippen LogP contribution in [0.5, 0.6) is 5.75 Å². The molecule has 0 spiro atoms. The van der Waals surface area contributed by atoms with Gasteiger partial charge in [0.05, 0.1) is 12.6 Å². The maximum Gasteiger partial charge on any atom is 0.326 e. The average Bonchev–Trinajstić information content (AvgIpc) is 3.27. The summed E-state index contributed by atoms with van der Waals surface area (Å²) in [6.45, 7) is 4.84. The number of rotatable bonds is 7. The molecule has 2 heterocycles. The van der Waals surface area contributed by atoms with Gasteiger partial charge in [-0.3, -0.25) is 4.57 Å². The van der Waals surface area contributed by atoms with Gasteiger partial charge in [0.25, 0.3) is 0 Å². The number of methoxy groups -OCH3 is 1. The highest BCUT2D eigenvalue weighted by Gasteiger charge is 2.16. The van der Waals surface area contributed by atoms with Crippen LogP contribution in [0.15, 0.2) is 24.4 Å². The summed E-state index contributed by atoms with van der Waals surface area (Å²) in [6.07, 6.45) is 5.41. The van der Waals surface area contributed by atoms with E-state index in [0.717, 1.165) is 49.3 Å². The maximum atomic E-state index is 12.7. The number of carbonyl (C=O) groups excluding carboxylic acids is 1. The van der Waals surface area contributed by atoms with Crippen LogP contribution < -0.4 is 10.1 Å². The Bertz CT molecular complexity index is 748. The van der Waals surface area contributed by atoms with Crippen molar-refractivity contribution < 1.29 is 9.53 Å². The molecule has 6 heteroatoms. The third-order valence-electron chi connectivity index (χ3n) is 5.04. The number of likely N-dealkylation sites (tertiary alicyclic amines) is 1. The Labute approximate surface area is 155 Å². The van der Waals surface area contributed by atoms with E-state index in [0.29, 0.717) is 6.54 Å². The number of carbonyl (C=O) groups is 1. The monoisotopic (exact) mass is 358 g/mol. The summed E-state index contributed by atoms with van der Waals surface area (Å²) in [5.41, 5.74) is 2.10. The fraction of sp³-hybridized carbons (Fsp3) is 0.550. The van der Waals surface area contributed by atoms with Gasteiger partial charge in [0.2, 0.25) is 0 Å². The molecule has 1 aliphatic heterocycles. The third kappa shape index (κ3) is 4.37. The number of aromatic nitrogens is 1. The zero-order valence-corrected chi connectivity index (χ0v) is 16.1. The molecule has 2 aromatic rings. The number of nitrogens with zero attached hydrogens (tertiary/aromatic N) is 3. The normalized spacial score (nSPS) is 15.1. The van der Waals surface area contributed by atoms with E-state index in [1.54, 1.807) is 11.7 Å². The lowest BCUT2D eigenvalue weighted by Crippen LogP contribution is -2.35. The van der Waals surface area contributed by atoms with Crippen molar-refractivity contribution in [2.45, 2.75) is 19.3 Å². The van der Waals surface area contributed by atoms with E-state index in [2.05, 4.69) is 29.2 Å². The van der Waals surface area contributed by atoms with E-state index < -0.39 is 0 Å². The van der Waals surface area contributed by atoms with Gasteiger partial charge < -0.3 is 19.9 Å². The Hall–Kier alpha value is -2.05. The molecule has 0 bridgehead atoms. The Morgan fingerprint density at radius 3 is 2.73 bits per heavy atom. The highest BCUT2D eigenvalue weighted by atomic mass is 16.5. The molecule has 1 aliphatic rings. The first kappa shape index (κ1) is 18.7. The molecule has 1 fully saturated rings. The molecule has 142 valence electrons. The SMILES string of the molecule is COc1ccc2c(c1)c(CCN(C)C)cn2C(=O)NCCN1CCCC1. The summed E-state index contributed by atoms with van der Waals surface area (Å²) in [6, 6.07) is 5.84. The second-order valence-corrected chi connectivity index (χ2v) is 7.24. The lowest BCUT2D eigenvalue weighted by atomic mass is 10.1. The molecule has 6 nitrogen and oxygen atoms in total. The predicted molar refractivity (Wildman–Crippen MR) is 105 cm³/mol. The summed E-state index contributed by atoms with van der Waals surface area (Å²) in [4.78, 5) is 17.3. The highest BCUT2D eigenvalue weighted by molar-refractivity contribution is 5.94. The van der Waals surface area contributed by atoms with Crippen molar-refractivity contribution >= 4 is 16.9 Å². The molecule has 3 rings (SSSR count). The Morgan fingerprint density at radius 1 is 1.27 bits per heavy atom. The van der Waals surface area contributed by atoms with Crippen molar-refractivity contribution in [2.75, 3.05) is 53.9 Å². The minimum absolute atomic E-state index is 0.0598. The van der Waals surface area contributed by atoms with E-state index in [4.69, 9.17) is 4.74 Å². The highest BCUT2D eigenvalue weighted by Crippen LogP contribution is 2.26. The zero-order valence-electron chi connectivity index (χ0n) is 16.1. The molecule has 0 unspecified atom stereocenters. The molecule has 0 atom stereocenters. The number of amides is 1. The van der Waals surface area contributed by atoms with Crippen LogP contribution in [0.1, 0.15) is 18.4 Å². The van der Waals surface area contributed by atoms with Gasteiger partial charge in [-0.15, -0.1) is 0 Å². The number of benzene rings is 1. The smallest absolute Gasteiger partial charge is 0.326 e. The standard InChI is InChI=1S/C20H30N4O2/c1-22(2)12-8-16-15-24(19-7-6-17(26-3)14-18(16)19)20(25)21-9-13-23-10-4-5-11-23/h6-7,14-15H,4-5,8-13H2,1-3H3,(H,21,25). The van der Waals surface area contributed by atoms with Crippen molar-refractivity contribution in [3.63, 3.8) is 0 Å². The van der Waals surface area contributed by atoms with Crippen molar-refractivity contribution in [1.82, 2.24) is 19.7 Å². The predicted octanol–water partition coefficient (Wildman–Crippen LogP) is 2.41. The topological polar surface area (TPSA) is 49.7 Å². The summed E-state index contributed by atoms with van der Waals surface area (Å²) in [5.74, 6) is 0.816. The Balaban J connectivity index is 1.76. The van der Waals surface area contributed by atoms with E-state index in [1.807, 2.05) is 24.4 Å². The van der Waals surface area contributed by atoms with Crippen LogP contribution >= 0.6 is 0 Å². The lowest BCUT2D eigenvalue weighted by molar-refractivity contribution is 0.240. The summed E-state index contributed by atoms with van der Waals surface area (Å²) < 4.78 is 7.11. The Kier molecular flexibility index (Phi) is 6.16. The Morgan fingerprint density at radius 2 is 2.04 bits per heavy atom. The fourth-order valence-corrected chi connectivity index (χ4v) is 3.53. The van der Waals surface area contributed by atoms with Gasteiger partial charge in [0.1, 0.15) is 5.75 Å². The number of ether oxygens (including phenoxy) is 1. The molecule has 1 aromatic carbocycles. The minimum Gasteiger partial charge on any atom is -0.497 e. The molecular formula is C20H30N4O2. The van der Waals surface area contributed by atoms with Crippen LogP contribution in [0.4, 0.5) is 4.79 Å². The van der Waals surface area contributed by atoms with Crippen molar-refractivity contribution in [1.29, 1.82) is 0 Å². The number of nitrogens with one attached hydrogen (secondary N) is 1. The molecule has 1 saturated heterocycles. The van der Waals surface area contributed by atoms with Gasteiger partial charge >= 0.3 is 6.03 Å². The number of hydrogen-bond donors (Lipinski definition) is 1. The van der Waals surface area contributed by atoms with Crippen molar-refractivity contribution in [2.24, 2.45) is 0 Å². The molecule has 1 N–H and O–H groups in total. The fourth-order valence-electron chi connectivity index (χ4n) is 3.53. The van der Waals surface area contributed by atoms with Crippen LogP contribution in [-0.2, 0) is 6.42 Å². The van der Waals surface area contributed by atoms with Crippen LogP contribution in [0.2, 0.25) is 0 Å². The van der Waals surface area contributed by atoms with Crippen molar-refractivity contribution in [3.05, 3.63) is 30.0 Å². The first-order valence-corrected chi connectivity index (χ1v) is 9.42. The van der Waals surface area contributed by atoms with E-state index in [9.17, 15) is 4.79 Å².